The number of halogens is 1. The van der Waals surface area contributed by atoms with Crippen LogP contribution in [0.15, 0.2) is 121 Å². The molecule has 0 spiro atoms. The van der Waals surface area contributed by atoms with E-state index in [1.165, 1.54) is 65.6 Å². The number of unbranched alkanes of at least 4 members (excludes halogenated alkanes) is 6. The van der Waals surface area contributed by atoms with Crippen LogP contribution in [0.1, 0.15) is 63.0 Å². The Morgan fingerprint density at radius 1 is 0.541 bits per heavy atom. The fourth-order valence-corrected chi connectivity index (χ4v) is 9.40. The Bertz CT molecular complexity index is 1090. The summed E-state index contributed by atoms with van der Waals surface area (Å²) in [6.45, 7) is 2.28. The Labute approximate surface area is 236 Å². The van der Waals surface area contributed by atoms with Crippen molar-refractivity contribution < 1.29 is 17.0 Å². The molecule has 0 saturated heterocycles. The van der Waals surface area contributed by atoms with E-state index in [-0.39, 0.29) is 17.0 Å². The smallest absolute Gasteiger partial charge is 0.116 e. The van der Waals surface area contributed by atoms with Gasteiger partial charge in [0.1, 0.15) is 23.2 Å². The van der Waals surface area contributed by atoms with Crippen molar-refractivity contribution in [1.29, 1.82) is 0 Å². The molecule has 37 heavy (non-hydrogen) atoms. The predicted molar refractivity (Wildman–Crippen MR) is 162 cm³/mol. The molecule has 0 amide bonds. The zero-order valence-electron chi connectivity index (χ0n) is 22.1. The number of benzene rings is 4. The van der Waals surface area contributed by atoms with Crippen LogP contribution in [0.3, 0.4) is 0 Å². The van der Waals surface area contributed by atoms with Crippen LogP contribution in [0.25, 0.3) is 6.08 Å². The molecule has 192 valence electrons. The lowest BCUT2D eigenvalue weighted by molar-refractivity contribution is -0.00000717. The molecule has 4 rings (SSSR count). The molecular weight excluding hydrogens is 531 g/mol. The van der Waals surface area contributed by atoms with Gasteiger partial charge in [-0.1, -0.05) is 130 Å². The molecule has 0 radical (unpaired) electrons. The number of hydrogen-bond donors (Lipinski definition) is 0. The molecule has 2 heteroatoms. The Balaban J connectivity index is 0.00000380. The second kappa shape index (κ2) is 15.7. The maximum absolute atomic E-state index is 2.40. The summed E-state index contributed by atoms with van der Waals surface area (Å²) in [6.07, 6.45) is 15.0. The summed E-state index contributed by atoms with van der Waals surface area (Å²) < 4.78 is 0. The number of hydrogen-bond acceptors (Lipinski definition) is 0. The maximum Gasteiger partial charge on any atom is 0.116 e. The molecule has 4 aromatic rings. The Morgan fingerprint density at radius 3 is 1.54 bits per heavy atom. The van der Waals surface area contributed by atoms with E-state index in [1.54, 1.807) is 0 Å². The van der Waals surface area contributed by atoms with Crippen LogP contribution in [-0.4, -0.2) is 0 Å². The minimum atomic E-state index is -1.90. The van der Waals surface area contributed by atoms with Crippen LogP contribution in [0.4, 0.5) is 0 Å². The normalized spacial score (nSPS) is 11.4. The molecule has 0 aliphatic heterocycles. The van der Waals surface area contributed by atoms with Gasteiger partial charge in [0.25, 0.3) is 0 Å². The lowest BCUT2D eigenvalue weighted by atomic mass is 10.1. The minimum Gasteiger partial charge on any atom is -1.00 e. The van der Waals surface area contributed by atoms with Crippen LogP contribution in [0.2, 0.25) is 0 Å². The predicted octanol–water partition coefficient (Wildman–Crippen LogP) is 5.95. The maximum atomic E-state index is 2.40. The third-order valence-corrected chi connectivity index (χ3v) is 11.4. The third-order valence-electron chi connectivity index (χ3n) is 7.08. The number of allylic oxidation sites excluding steroid dienone is 1. The van der Waals surface area contributed by atoms with Gasteiger partial charge in [-0.25, -0.2) is 0 Å². The van der Waals surface area contributed by atoms with Gasteiger partial charge in [0.05, 0.1) is 6.16 Å². The van der Waals surface area contributed by atoms with Crippen molar-refractivity contribution in [2.24, 2.45) is 0 Å². The average molecular weight is 572 g/mol. The van der Waals surface area contributed by atoms with Gasteiger partial charge in [-0.05, 0) is 60.4 Å². The second-order valence-electron chi connectivity index (χ2n) is 9.63. The van der Waals surface area contributed by atoms with Gasteiger partial charge < -0.3 is 17.0 Å². The highest BCUT2D eigenvalue weighted by atomic mass is 79.9. The van der Waals surface area contributed by atoms with Crippen LogP contribution in [-0.2, 0) is 6.16 Å². The van der Waals surface area contributed by atoms with E-state index in [0.717, 1.165) is 12.6 Å². The summed E-state index contributed by atoms with van der Waals surface area (Å²) in [5.74, 6) is 0. The van der Waals surface area contributed by atoms with Gasteiger partial charge in [-0.3, -0.25) is 0 Å². The highest BCUT2D eigenvalue weighted by Crippen LogP contribution is 2.58. The first-order chi connectivity index (χ1) is 17.8. The first kappa shape index (κ1) is 29.1. The topological polar surface area (TPSA) is 0 Å². The van der Waals surface area contributed by atoms with Crippen molar-refractivity contribution in [3.05, 3.63) is 132 Å². The summed E-state index contributed by atoms with van der Waals surface area (Å²) >= 11 is 0. The SMILES string of the molecule is CCCCCCCCC=Cc1ccccc1C[P+](c1ccccc1)(c1ccccc1)c1ccccc1.[Br-]. The van der Waals surface area contributed by atoms with Gasteiger partial charge in [0.2, 0.25) is 0 Å². The Kier molecular flexibility index (Phi) is 12.3. The first-order valence-corrected chi connectivity index (χ1v) is 15.6. The minimum absolute atomic E-state index is 0. The standard InChI is InChI=1S/C35H40P.BrH/c1-2-3-4-5-6-7-8-12-21-31-22-19-20-23-32(31)30-36(33-24-13-9-14-25-33,34-26-15-10-16-27-34)35-28-17-11-18-29-35;/h9-29H,2-8,30H2,1H3;1H/q+1;/p-1. The summed E-state index contributed by atoms with van der Waals surface area (Å²) in [7, 11) is -1.90. The van der Waals surface area contributed by atoms with Gasteiger partial charge >= 0.3 is 0 Å². The van der Waals surface area contributed by atoms with Crippen molar-refractivity contribution in [2.45, 2.75) is 58.0 Å². The molecule has 0 fully saturated rings. The lowest BCUT2D eigenvalue weighted by Gasteiger charge is -2.28. The zero-order valence-corrected chi connectivity index (χ0v) is 24.6. The molecule has 0 atom stereocenters. The molecule has 0 saturated carbocycles. The van der Waals surface area contributed by atoms with Crippen molar-refractivity contribution in [1.82, 2.24) is 0 Å². The van der Waals surface area contributed by atoms with Gasteiger partial charge in [-0.15, -0.1) is 0 Å². The largest absolute Gasteiger partial charge is 1.00 e. The summed E-state index contributed by atoms with van der Waals surface area (Å²) in [5, 5.41) is 4.31. The molecule has 0 unspecified atom stereocenters. The average Bonchev–Trinajstić information content (AvgIpc) is 2.95. The van der Waals surface area contributed by atoms with E-state index in [9.17, 15) is 0 Å². The summed E-state index contributed by atoms with van der Waals surface area (Å²) in [6, 6.07) is 42.6. The molecule has 0 N–H and O–H groups in total. The molecule has 0 aliphatic carbocycles. The molecule has 0 aromatic heterocycles. The fourth-order valence-electron chi connectivity index (χ4n) is 5.12. The molecular formula is C35H40BrP. The van der Waals surface area contributed by atoms with E-state index in [2.05, 4.69) is 134 Å². The van der Waals surface area contributed by atoms with Gasteiger partial charge in [-0.2, -0.15) is 0 Å². The molecule has 0 nitrogen and oxygen atoms in total. The van der Waals surface area contributed by atoms with E-state index >= 15 is 0 Å². The van der Waals surface area contributed by atoms with Crippen LogP contribution in [0, 0.1) is 0 Å². The van der Waals surface area contributed by atoms with Crippen molar-refractivity contribution in [3.63, 3.8) is 0 Å². The fraction of sp³-hybridized carbons (Fsp3) is 0.257. The van der Waals surface area contributed by atoms with Crippen molar-refractivity contribution >= 4 is 29.3 Å². The van der Waals surface area contributed by atoms with Crippen molar-refractivity contribution in [2.75, 3.05) is 0 Å². The third kappa shape index (κ3) is 7.76. The van der Waals surface area contributed by atoms with Crippen LogP contribution < -0.4 is 32.9 Å². The molecule has 4 aromatic carbocycles. The number of rotatable bonds is 13. The van der Waals surface area contributed by atoms with Crippen molar-refractivity contribution in [3.8, 4) is 0 Å². The van der Waals surface area contributed by atoms with E-state index in [1.807, 2.05) is 0 Å². The molecule has 0 bridgehead atoms. The summed E-state index contributed by atoms with van der Waals surface area (Å²) in [4.78, 5) is 0. The monoisotopic (exact) mass is 570 g/mol. The highest BCUT2D eigenvalue weighted by molar-refractivity contribution is 7.95. The molecule has 0 heterocycles. The summed E-state index contributed by atoms with van der Waals surface area (Å²) in [5.41, 5.74) is 2.79. The van der Waals surface area contributed by atoms with Crippen LogP contribution in [0.5, 0.6) is 0 Å². The Hall–Kier alpha value is -2.47. The highest BCUT2D eigenvalue weighted by Gasteiger charge is 2.45. The van der Waals surface area contributed by atoms with Gasteiger partial charge in [0, 0.05) is 0 Å². The first-order valence-electron chi connectivity index (χ1n) is 13.6. The second-order valence-corrected chi connectivity index (χ2v) is 13.1. The van der Waals surface area contributed by atoms with E-state index in [0.29, 0.717) is 0 Å². The molecule has 0 aliphatic rings. The van der Waals surface area contributed by atoms with Crippen LogP contribution >= 0.6 is 7.26 Å². The van der Waals surface area contributed by atoms with Gasteiger partial charge in [0.15, 0.2) is 0 Å². The van der Waals surface area contributed by atoms with E-state index < -0.39 is 7.26 Å². The zero-order chi connectivity index (χ0) is 24.9. The van der Waals surface area contributed by atoms with E-state index in [4.69, 9.17) is 0 Å². The Morgan fingerprint density at radius 2 is 1.00 bits per heavy atom. The quantitative estimate of drug-likeness (QED) is 0.138. The lowest BCUT2D eigenvalue weighted by Crippen LogP contribution is -3.00.